The predicted molar refractivity (Wildman–Crippen MR) is 92.6 cm³/mol. The maximum Gasteiger partial charge on any atom is 0.227 e. The van der Waals surface area contributed by atoms with Gasteiger partial charge in [0.25, 0.3) is 0 Å². The zero-order chi connectivity index (χ0) is 16.9. The highest BCUT2D eigenvalue weighted by Gasteiger charge is 2.13. The molecule has 0 atom stereocenters. The van der Waals surface area contributed by atoms with Crippen molar-refractivity contribution < 1.29 is 14.1 Å². The van der Waals surface area contributed by atoms with Gasteiger partial charge in [-0.2, -0.15) is 4.98 Å². The average molecular weight is 364 g/mol. The van der Waals surface area contributed by atoms with E-state index < -0.39 is 0 Å². The number of nitrogens with one attached hydrogen (secondary N) is 1. The minimum atomic E-state index is -0.188. The molecule has 8 heteroatoms. The van der Waals surface area contributed by atoms with Crippen molar-refractivity contribution in [2.75, 3.05) is 12.4 Å². The van der Waals surface area contributed by atoms with Crippen LogP contribution in [-0.4, -0.2) is 23.2 Å². The molecule has 0 fully saturated rings. The quantitative estimate of drug-likeness (QED) is 0.715. The second-order valence-corrected chi connectivity index (χ2v) is 6.27. The first kappa shape index (κ1) is 16.5. The number of ether oxygens (including phenoxy) is 1. The van der Waals surface area contributed by atoms with Crippen molar-refractivity contribution >= 4 is 34.5 Å². The molecule has 1 aromatic carbocycles. The SMILES string of the molecule is COc1ccc(Cl)cc1NC(=O)CCc1nc(-c2cccs2)no1. The molecule has 0 aliphatic carbocycles. The number of halogens is 1. The summed E-state index contributed by atoms with van der Waals surface area (Å²) in [5, 5.41) is 9.14. The first-order chi connectivity index (χ1) is 11.7. The Morgan fingerprint density at radius 3 is 3.04 bits per heavy atom. The number of rotatable bonds is 6. The summed E-state index contributed by atoms with van der Waals surface area (Å²) in [7, 11) is 1.53. The van der Waals surface area contributed by atoms with Gasteiger partial charge in [0.2, 0.25) is 17.6 Å². The maximum atomic E-state index is 12.1. The van der Waals surface area contributed by atoms with Crippen molar-refractivity contribution in [1.29, 1.82) is 0 Å². The van der Waals surface area contributed by atoms with Gasteiger partial charge in [0.1, 0.15) is 5.75 Å². The number of benzene rings is 1. The Morgan fingerprint density at radius 2 is 2.29 bits per heavy atom. The van der Waals surface area contributed by atoms with Crippen molar-refractivity contribution in [3.8, 4) is 16.5 Å². The standard InChI is InChI=1S/C16H14ClN3O3S/c1-22-12-5-4-10(17)9-11(12)18-14(21)6-7-15-19-16(20-23-15)13-3-2-8-24-13/h2-5,8-9H,6-7H2,1H3,(H,18,21). The summed E-state index contributed by atoms with van der Waals surface area (Å²) < 4.78 is 10.4. The van der Waals surface area contributed by atoms with Crippen molar-refractivity contribution in [2.24, 2.45) is 0 Å². The second-order valence-electron chi connectivity index (χ2n) is 4.88. The Morgan fingerprint density at radius 1 is 1.42 bits per heavy atom. The van der Waals surface area contributed by atoms with Gasteiger partial charge in [0, 0.05) is 17.9 Å². The van der Waals surface area contributed by atoms with Crippen molar-refractivity contribution in [3.05, 3.63) is 46.6 Å². The van der Waals surface area contributed by atoms with E-state index in [1.165, 1.54) is 18.4 Å². The molecule has 0 saturated carbocycles. The molecular formula is C16H14ClN3O3S. The lowest BCUT2D eigenvalue weighted by molar-refractivity contribution is -0.116. The third-order valence-electron chi connectivity index (χ3n) is 3.21. The van der Waals surface area contributed by atoms with Crippen molar-refractivity contribution in [1.82, 2.24) is 10.1 Å². The molecule has 1 amide bonds. The van der Waals surface area contributed by atoms with E-state index in [-0.39, 0.29) is 12.3 Å². The zero-order valence-corrected chi connectivity index (χ0v) is 14.4. The molecule has 2 aromatic heterocycles. The summed E-state index contributed by atoms with van der Waals surface area (Å²) in [4.78, 5) is 17.3. The fraction of sp³-hybridized carbons (Fsp3) is 0.188. The third-order valence-corrected chi connectivity index (χ3v) is 4.31. The number of carbonyl (C=O) groups excluding carboxylic acids is 1. The van der Waals surface area contributed by atoms with E-state index >= 15 is 0 Å². The number of methoxy groups -OCH3 is 1. The normalized spacial score (nSPS) is 10.6. The zero-order valence-electron chi connectivity index (χ0n) is 12.8. The topological polar surface area (TPSA) is 77.2 Å². The van der Waals surface area contributed by atoms with Crippen LogP contribution in [0.15, 0.2) is 40.2 Å². The van der Waals surface area contributed by atoms with Crippen LogP contribution in [0.1, 0.15) is 12.3 Å². The number of thiophene rings is 1. The Kier molecular flexibility index (Phi) is 5.12. The highest BCUT2D eigenvalue weighted by atomic mass is 35.5. The number of aryl methyl sites for hydroxylation is 1. The number of anilines is 1. The van der Waals surface area contributed by atoms with E-state index in [0.29, 0.717) is 34.6 Å². The first-order valence-electron chi connectivity index (χ1n) is 7.15. The molecule has 1 N–H and O–H groups in total. The molecule has 0 aliphatic heterocycles. The molecular weight excluding hydrogens is 350 g/mol. The summed E-state index contributed by atoms with van der Waals surface area (Å²) in [6.45, 7) is 0. The molecule has 24 heavy (non-hydrogen) atoms. The average Bonchev–Trinajstić information content (AvgIpc) is 3.24. The summed E-state index contributed by atoms with van der Waals surface area (Å²) in [5.41, 5.74) is 0.528. The maximum absolute atomic E-state index is 12.1. The van der Waals surface area contributed by atoms with E-state index in [1.807, 2.05) is 17.5 Å². The number of nitrogens with zero attached hydrogens (tertiary/aromatic N) is 2. The molecule has 0 saturated heterocycles. The fourth-order valence-corrected chi connectivity index (χ4v) is 2.89. The Bertz CT molecular complexity index is 833. The van der Waals surface area contributed by atoms with Gasteiger partial charge in [-0.05, 0) is 29.6 Å². The summed E-state index contributed by atoms with van der Waals surface area (Å²) in [5.74, 6) is 1.32. The molecule has 0 radical (unpaired) electrons. The van der Waals surface area contributed by atoms with Gasteiger partial charge >= 0.3 is 0 Å². The molecule has 3 rings (SSSR count). The van der Waals surface area contributed by atoms with E-state index in [1.54, 1.807) is 18.2 Å². The van der Waals surface area contributed by atoms with E-state index in [9.17, 15) is 4.79 Å². The Labute approximate surface area is 147 Å². The summed E-state index contributed by atoms with van der Waals surface area (Å²) in [6.07, 6.45) is 0.564. The van der Waals surface area contributed by atoms with Gasteiger partial charge in [-0.25, -0.2) is 0 Å². The van der Waals surface area contributed by atoms with Gasteiger partial charge < -0.3 is 14.6 Å². The Hall–Kier alpha value is -2.38. The van der Waals surface area contributed by atoms with E-state index in [4.69, 9.17) is 20.9 Å². The fourth-order valence-electron chi connectivity index (χ4n) is 2.07. The third kappa shape index (κ3) is 3.93. The second kappa shape index (κ2) is 7.46. The molecule has 0 spiro atoms. The van der Waals surface area contributed by atoms with E-state index in [2.05, 4.69) is 15.5 Å². The van der Waals surface area contributed by atoms with Gasteiger partial charge in [-0.1, -0.05) is 22.8 Å². The number of aromatic nitrogens is 2. The van der Waals surface area contributed by atoms with Crippen LogP contribution in [0.4, 0.5) is 5.69 Å². The molecule has 3 aromatic rings. The van der Waals surface area contributed by atoms with Crippen LogP contribution in [0.25, 0.3) is 10.7 Å². The molecule has 6 nitrogen and oxygen atoms in total. The lowest BCUT2D eigenvalue weighted by atomic mass is 10.2. The van der Waals surface area contributed by atoms with Gasteiger partial charge in [-0.15, -0.1) is 11.3 Å². The number of hydrogen-bond acceptors (Lipinski definition) is 6. The smallest absolute Gasteiger partial charge is 0.227 e. The van der Waals surface area contributed by atoms with Crippen LogP contribution in [0.5, 0.6) is 5.75 Å². The van der Waals surface area contributed by atoms with Crippen LogP contribution in [0.2, 0.25) is 5.02 Å². The minimum Gasteiger partial charge on any atom is -0.495 e. The van der Waals surface area contributed by atoms with E-state index in [0.717, 1.165) is 4.88 Å². The van der Waals surface area contributed by atoms with Crippen LogP contribution in [0, 0.1) is 0 Å². The first-order valence-corrected chi connectivity index (χ1v) is 8.41. The predicted octanol–water partition coefficient (Wildman–Crippen LogP) is 4.03. The van der Waals surface area contributed by atoms with Crippen LogP contribution in [0.3, 0.4) is 0 Å². The molecule has 2 heterocycles. The number of hydrogen-bond donors (Lipinski definition) is 1. The van der Waals surface area contributed by atoms with Gasteiger partial charge in [0.15, 0.2) is 0 Å². The molecule has 0 unspecified atom stereocenters. The lowest BCUT2D eigenvalue weighted by Crippen LogP contribution is -2.13. The summed E-state index contributed by atoms with van der Waals surface area (Å²) in [6, 6.07) is 8.86. The largest absolute Gasteiger partial charge is 0.495 e. The number of amides is 1. The van der Waals surface area contributed by atoms with Gasteiger partial charge in [-0.3, -0.25) is 4.79 Å². The van der Waals surface area contributed by atoms with Crippen LogP contribution in [-0.2, 0) is 11.2 Å². The molecule has 124 valence electrons. The van der Waals surface area contributed by atoms with Crippen LogP contribution < -0.4 is 10.1 Å². The number of carbonyl (C=O) groups is 1. The monoisotopic (exact) mass is 363 g/mol. The highest BCUT2D eigenvalue weighted by Crippen LogP contribution is 2.28. The molecule has 0 aliphatic rings. The van der Waals surface area contributed by atoms with Crippen molar-refractivity contribution in [2.45, 2.75) is 12.8 Å². The highest BCUT2D eigenvalue weighted by molar-refractivity contribution is 7.13. The van der Waals surface area contributed by atoms with Crippen molar-refractivity contribution in [3.63, 3.8) is 0 Å². The van der Waals surface area contributed by atoms with Gasteiger partial charge in [0.05, 0.1) is 17.7 Å². The lowest BCUT2D eigenvalue weighted by Gasteiger charge is -2.10. The Balaban J connectivity index is 1.59. The summed E-state index contributed by atoms with van der Waals surface area (Å²) >= 11 is 7.47. The molecule has 0 bridgehead atoms. The van der Waals surface area contributed by atoms with Crippen LogP contribution >= 0.6 is 22.9 Å². The minimum absolute atomic E-state index is 0.188.